The van der Waals surface area contributed by atoms with Gasteiger partial charge in [-0.25, -0.2) is 0 Å². The molecule has 2 saturated carbocycles. The Hall–Kier alpha value is -0.260. The van der Waals surface area contributed by atoms with Gasteiger partial charge in [-0.1, -0.05) is 26.2 Å². The lowest BCUT2D eigenvalue weighted by Gasteiger charge is -2.23. The van der Waals surface area contributed by atoms with Crippen LogP contribution in [0.2, 0.25) is 0 Å². The number of carboxylic acid groups (broad SMARTS) is 1. The molecule has 0 amide bonds. The molecule has 0 aromatic rings. The molecule has 4 nitrogen and oxygen atoms in total. The Bertz CT molecular complexity index is 403. The van der Waals surface area contributed by atoms with Crippen LogP contribution in [0.4, 0.5) is 0 Å². The molecule has 6 atom stereocenters. The number of thioether (sulfide) groups is 1. The van der Waals surface area contributed by atoms with Gasteiger partial charge in [0.15, 0.2) is 0 Å². The summed E-state index contributed by atoms with van der Waals surface area (Å²) in [4.78, 5) is 10.6. The van der Waals surface area contributed by atoms with Crippen LogP contribution in [0.3, 0.4) is 0 Å². The fraction of sp³-hybridized carbons (Fsp3) is 0.950. The molecular weight excluding hydrogens is 336 g/mol. The van der Waals surface area contributed by atoms with Gasteiger partial charge in [0, 0.05) is 0 Å². The predicted molar refractivity (Wildman–Crippen MR) is 103 cm³/mol. The molecule has 2 rings (SSSR count). The molecule has 0 aromatic heterocycles. The molecule has 2 aliphatic rings. The van der Waals surface area contributed by atoms with Gasteiger partial charge in [-0.15, -0.1) is 0 Å². The van der Waals surface area contributed by atoms with Gasteiger partial charge in [0.25, 0.3) is 0 Å². The van der Waals surface area contributed by atoms with Gasteiger partial charge < -0.3 is 15.3 Å². The van der Waals surface area contributed by atoms with Crippen LogP contribution in [-0.2, 0) is 4.79 Å². The number of fused-ring (bicyclic) bond motifs is 1. The van der Waals surface area contributed by atoms with E-state index >= 15 is 0 Å². The molecule has 0 heterocycles. The molecule has 3 N–H and O–H groups in total. The van der Waals surface area contributed by atoms with Crippen LogP contribution in [0.5, 0.6) is 0 Å². The Morgan fingerprint density at radius 3 is 2.68 bits per heavy atom. The second-order valence-corrected chi connectivity index (χ2v) is 9.30. The van der Waals surface area contributed by atoms with Crippen molar-refractivity contribution in [1.82, 2.24) is 0 Å². The third-order valence-electron chi connectivity index (χ3n) is 6.31. The minimum atomic E-state index is -0.728. The van der Waals surface area contributed by atoms with E-state index in [9.17, 15) is 15.0 Å². The first-order valence-corrected chi connectivity index (χ1v) is 11.3. The van der Waals surface area contributed by atoms with Crippen LogP contribution in [0.1, 0.15) is 71.1 Å². The van der Waals surface area contributed by atoms with E-state index < -0.39 is 5.97 Å². The lowest BCUT2D eigenvalue weighted by atomic mass is 9.85. The van der Waals surface area contributed by atoms with Crippen molar-refractivity contribution in [1.29, 1.82) is 0 Å². The van der Waals surface area contributed by atoms with Crippen molar-refractivity contribution in [3.8, 4) is 0 Å². The number of aliphatic carboxylic acids is 1. The van der Waals surface area contributed by atoms with E-state index in [0.717, 1.165) is 44.3 Å². The fourth-order valence-corrected chi connectivity index (χ4v) is 5.87. The molecule has 0 spiro atoms. The number of unbranched alkanes of at least 4 members (excludes halogenated alkanes) is 2. The predicted octanol–water partition coefficient (Wildman–Crippen LogP) is 3.94. The zero-order chi connectivity index (χ0) is 18.2. The fourth-order valence-electron chi connectivity index (χ4n) is 5.05. The third-order valence-corrected chi connectivity index (χ3v) is 7.28. The summed E-state index contributed by atoms with van der Waals surface area (Å²) in [5, 5.41) is 29.3. The normalized spacial score (nSPS) is 32.7. The van der Waals surface area contributed by atoms with Gasteiger partial charge in [-0.2, -0.15) is 11.8 Å². The van der Waals surface area contributed by atoms with E-state index in [1.807, 2.05) is 0 Å². The highest BCUT2D eigenvalue weighted by molar-refractivity contribution is 7.99. The summed E-state index contributed by atoms with van der Waals surface area (Å²) in [6, 6.07) is 0. The maximum atomic E-state index is 10.6. The van der Waals surface area contributed by atoms with E-state index in [4.69, 9.17) is 5.11 Å². The van der Waals surface area contributed by atoms with Gasteiger partial charge in [0.2, 0.25) is 0 Å². The summed E-state index contributed by atoms with van der Waals surface area (Å²) in [6.45, 7) is 2.18. The highest BCUT2D eigenvalue weighted by atomic mass is 32.2. The van der Waals surface area contributed by atoms with Crippen LogP contribution in [0.15, 0.2) is 0 Å². The van der Waals surface area contributed by atoms with E-state index in [0.29, 0.717) is 23.7 Å². The molecule has 0 saturated heterocycles. The van der Waals surface area contributed by atoms with E-state index in [-0.39, 0.29) is 18.0 Å². The number of hydrogen-bond acceptors (Lipinski definition) is 4. The number of aliphatic hydroxyl groups excluding tert-OH is 2. The largest absolute Gasteiger partial charge is 0.481 e. The van der Waals surface area contributed by atoms with Gasteiger partial charge >= 0.3 is 5.97 Å². The Labute approximate surface area is 156 Å². The Kier molecular flexibility index (Phi) is 9.08. The molecule has 146 valence electrons. The van der Waals surface area contributed by atoms with Gasteiger partial charge in [0.05, 0.1) is 18.0 Å². The van der Waals surface area contributed by atoms with Crippen LogP contribution in [0.25, 0.3) is 0 Å². The number of carbonyl (C=O) groups is 1. The minimum absolute atomic E-state index is 0.180. The SMILES string of the molecule is CCCCCC(O)CC[C@H]1[C@@H]2CC(CCSCC(=O)O)C[C@@H]2C[C@@H]1O. The Morgan fingerprint density at radius 2 is 1.96 bits per heavy atom. The summed E-state index contributed by atoms with van der Waals surface area (Å²) in [6.07, 6.45) is 10.2. The zero-order valence-electron chi connectivity index (χ0n) is 15.6. The maximum Gasteiger partial charge on any atom is 0.313 e. The molecular formula is C20H36O4S. The number of aliphatic hydroxyl groups is 2. The quantitative estimate of drug-likeness (QED) is 0.452. The Morgan fingerprint density at radius 1 is 1.16 bits per heavy atom. The summed E-state index contributed by atoms with van der Waals surface area (Å²) in [7, 11) is 0. The van der Waals surface area contributed by atoms with Crippen molar-refractivity contribution >= 4 is 17.7 Å². The number of carboxylic acids is 1. The topological polar surface area (TPSA) is 77.8 Å². The van der Waals surface area contributed by atoms with Gasteiger partial charge in [0.1, 0.15) is 0 Å². The number of hydrogen-bond donors (Lipinski definition) is 3. The summed E-state index contributed by atoms with van der Waals surface area (Å²) >= 11 is 1.52. The standard InChI is InChI=1S/C20H36O4S/c1-2-3-4-5-16(21)6-7-17-18-11-14(8-9-25-13-20(23)24)10-15(18)12-19(17)22/h14-19,21-22H,2-13H2,1H3,(H,23,24)/t14?,15-,16?,17+,18-,19+/m1/s1. The first-order chi connectivity index (χ1) is 12.0. The molecule has 25 heavy (non-hydrogen) atoms. The highest BCUT2D eigenvalue weighted by Gasteiger charge is 2.47. The molecule has 0 aromatic carbocycles. The average Bonchev–Trinajstić information content (AvgIpc) is 3.06. The van der Waals surface area contributed by atoms with Crippen molar-refractivity contribution < 1.29 is 20.1 Å². The molecule has 0 bridgehead atoms. The van der Waals surface area contributed by atoms with Crippen LogP contribution >= 0.6 is 11.8 Å². The van der Waals surface area contributed by atoms with E-state index in [2.05, 4.69) is 6.92 Å². The summed E-state index contributed by atoms with van der Waals surface area (Å²) in [5.74, 6) is 2.73. The third kappa shape index (κ3) is 6.76. The van der Waals surface area contributed by atoms with Crippen LogP contribution < -0.4 is 0 Å². The number of rotatable bonds is 12. The van der Waals surface area contributed by atoms with Crippen molar-refractivity contribution in [2.24, 2.45) is 23.7 Å². The zero-order valence-corrected chi connectivity index (χ0v) is 16.4. The highest BCUT2D eigenvalue weighted by Crippen LogP contribution is 2.52. The Balaban J connectivity index is 1.69. The first-order valence-electron chi connectivity index (χ1n) is 10.2. The van der Waals surface area contributed by atoms with Crippen molar-refractivity contribution in [2.45, 2.75) is 83.3 Å². The van der Waals surface area contributed by atoms with Crippen LogP contribution in [0, 0.1) is 23.7 Å². The lowest BCUT2D eigenvalue weighted by molar-refractivity contribution is -0.133. The van der Waals surface area contributed by atoms with Crippen molar-refractivity contribution in [2.75, 3.05) is 11.5 Å². The first kappa shape index (κ1) is 21.0. The maximum absolute atomic E-state index is 10.6. The second-order valence-electron chi connectivity index (χ2n) is 8.19. The summed E-state index contributed by atoms with van der Waals surface area (Å²) < 4.78 is 0. The lowest BCUT2D eigenvalue weighted by Crippen LogP contribution is -2.22. The molecule has 0 radical (unpaired) electrons. The molecule has 2 unspecified atom stereocenters. The average molecular weight is 373 g/mol. The molecule has 0 aliphatic heterocycles. The monoisotopic (exact) mass is 372 g/mol. The van der Waals surface area contributed by atoms with Crippen molar-refractivity contribution in [3.63, 3.8) is 0 Å². The van der Waals surface area contributed by atoms with E-state index in [1.54, 1.807) is 0 Å². The smallest absolute Gasteiger partial charge is 0.313 e. The second kappa shape index (κ2) is 10.8. The van der Waals surface area contributed by atoms with Gasteiger partial charge in [-0.05, 0) is 74.4 Å². The minimum Gasteiger partial charge on any atom is -0.481 e. The van der Waals surface area contributed by atoms with Gasteiger partial charge in [-0.3, -0.25) is 4.79 Å². The van der Waals surface area contributed by atoms with Crippen molar-refractivity contribution in [3.05, 3.63) is 0 Å². The molecule has 2 fully saturated rings. The summed E-state index contributed by atoms with van der Waals surface area (Å²) in [5.41, 5.74) is 0. The van der Waals surface area contributed by atoms with Crippen LogP contribution in [-0.4, -0.2) is 45.0 Å². The molecule has 5 heteroatoms. The van der Waals surface area contributed by atoms with E-state index in [1.165, 1.54) is 37.4 Å². The molecule has 2 aliphatic carbocycles.